The van der Waals surface area contributed by atoms with Crippen molar-refractivity contribution in [2.24, 2.45) is 5.92 Å². The molecule has 0 radical (unpaired) electrons. The van der Waals surface area contributed by atoms with E-state index in [1.807, 2.05) is 52.0 Å². The minimum atomic E-state index is -3.77. The van der Waals surface area contributed by atoms with E-state index >= 15 is 0 Å². The van der Waals surface area contributed by atoms with E-state index in [1.54, 1.807) is 24.3 Å². The first-order valence-corrected chi connectivity index (χ1v) is 10.6. The maximum Gasteiger partial charge on any atom is 0.241 e. The summed E-state index contributed by atoms with van der Waals surface area (Å²) in [5.41, 5.74) is 3.09. The lowest BCUT2D eigenvalue weighted by Crippen LogP contribution is -2.47. The van der Waals surface area contributed by atoms with Gasteiger partial charge >= 0.3 is 0 Å². The first-order chi connectivity index (χ1) is 12.7. The van der Waals surface area contributed by atoms with Crippen molar-refractivity contribution in [2.45, 2.75) is 51.6 Å². The summed E-state index contributed by atoms with van der Waals surface area (Å²) in [6, 6.07) is 13.6. The highest BCUT2D eigenvalue weighted by molar-refractivity contribution is 7.89. The second-order valence-electron chi connectivity index (χ2n) is 7.32. The fourth-order valence-electron chi connectivity index (χ4n) is 2.67. The predicted octanol–water partition coefficient (Wildman–Crippen LogP) is 3.31. The van der Waals surface area contributed by atoms with Crippen LogP contribution in [0.4, 0.5) is 0 Å². The van der Waals surface area contributed by atoms with Gasteiger partial charge in [0.2, 0.25) is 15.9 Å². The molecule has 5 nitrogen and oxygen atoms in total. The number of amides is 1. The Morgan fingerprint density at radius 3 is 1.96 bits per heavy atom. The molecular weight excluding hydrogens is 360 g/mol. The Hall–Kier alpha value is -2.18. The molecule has 1 amide bonds. The predicted molar refractivity (Wildman–Crippen MR) is 108 cm³/mol. The van der Waals surface area contributed by atoms with Crippen LogP contribution in [0.2, 0.25) is 0 Å². The molecule has 2 rings (SSSR count). The van der Waals surface area contributed by atoms with Crippen LogP contribution in [-0.2, 0) is 21.4 Å². The van der Waals surface area contributed by atoms with E-state index in [-0.39, 0.29) is 16.7 Å². The lowest BCUT2D eigenvalue weighted by molar-refractivity contribution is -0.123. The van der Waals surface area contributed by atoms with E-state index in [2.05, 4.69) is 10.0 Å². The van der Waals surface area contributed by atoms with Crippen molar-refractivity contribution < 1.29 is 13.2 Å². The van der Waals surface area contributed by atoms with Crippen molar-refractivity contribution >= 4 is 15.9 Å². The third-order valence-corrected chi connectivity index (χ3v) is 5.73. The molecule has 0 spiro atoms. The summed E-state index contributed by atoms with van der Waals surface area (Å²) in [6.07, 6.45) is 0.421. The number of carbonyl (C=O) groups is 1. The smallest absolute Gasteiger partial charge is 0.241 e. The van der Waals surface area contributed by atoms with Gasteiger partial charge in [-0.15, -0.1) is 0 Å². The number of hydrogen-bond donors (Lipinski definition) is 2. The van der Waals surface area contributed by atoms with Gasteiger partial charge in [-0.25, -0.2) is 8.42 Å². The SMILES string of the molecule is Cc1ccc(CNC(=O)[C@@H](CC(C)C)NS(=O)(=O)c2ccc(C)cc2)cc1. The third kappa shape index (κ3) is 6.48. The summed E-state index contributed by atoms with van der Waals surface area (Å²) in [7, 11) is -3.77. The van der Waals surface area contributed by atoms with Gasteiger partial charge in [0.05, 0.1) is 4.90 Å². The topological polar surface area (TPSA) is 75.3 Å². The second-order valence-corrected chi connectivity index (χ2v) is 9.03. The van der Waals surface area contributed by atoms with Crippen molar-refractivity contribution in [1.29, 1.82) is 0 Å². The van der Waals surface area contributed by atoms with Crippen LogP contribution in [0.5, 0.6) is 0 Å². The van der Waals surface area contributed by atoms with E-state index in [0.29, 0.717) is 13.0 Å². The zero-order valence-electron chi connectivity index (χ0n) is 16.3. The lowest BCUT2D eigenvalue weighted by atomic mass is 10.0. The fourth-order valence-corrected chi connectivity index (χ4v) is 3.88. The first-order valence-electron chi connectivity index (χ1n) is 9.09. The molecule has 0 saturated heterocycles. The Morgan fingerprint density at radius 2 is 1.44 bits per heavy atom. The molecule has 0 aromatic heterocycles. The quantitative estimate of drug-likeness (QED) is 0.728. The average Bonchev–Trinajstić information content (AvgIpc) is 2.60. The molecule has 2 aromatic rings. The third-order valence-electron chi connectivity index (χ3n) is 4.24. The molecule has 0 aliphatic rings. The Balaban J connectivity index is 2.09. The molecule has 2 N–H and O–H groups in total. The Morgan fingerprint density at radius 1 is 0.926 bits per heavy atom. The second kappa shape index (κ2) is 9.15. The van der Waals surface area contributed by atoms with Crippen LogP contribution >= 0.6 is 0 Å². The summed E-state index contributed by atoms with van der Waals surface area (Å²) in [5.74, 6) is -0.152. The van der Waals surface area contributed by atoms with E-state index in [1.165, 1.54) is 0 Å². The van der Waals surface area contributed by atoms with Crippen molar-refractivity contribution in [1.82, 2.24) is 10.0 Å². The van der Waals surface area contributed by atoms with Crippen LogP contribution in [0.1, 0.15) is 37.0 Å². The summed E-state index contributed by atoms with van der Waals surface area (Å²) in [5, 5.41) is 2.84. The largest absolute Gasteiger partial charge is 0.351 e. The maximum atomic E-state index is 12.7. The molecule has 146 valence electrons. The Kier molecular flexibility index (Phi) is 7.16. The van der Waals surface area contributed by atoms with E-state index in [0.717, 1.165) is 16.7 Å². The summed E-state index contributed by atoms with van der Waals surface area (Å²) in [4.78, 5) is 12.8. The average molecular weight is 389 g/mol. The standard InChI is InChI=1S/C21H28N2O3S/c1-15(2)13-20(21(24)22-14-18-9-5-16(3)6-10-18)23-27(25,26)19-11-7-17(4)8-12-19/h5-12,15,20,23H,13-14H2,1-4H3,(H,22,24)/t20-/m1/s1. The highest BCUT2D eigenvalue weighted by Gasteiger charge is 2.26. The molecule has 0 heterocycles. The molecule has 0 saturated carbocycles. The van der Waals surface area contributed by atoms with Gasteiger partial charge in [-0.2, -0.15) is 4.72 Å². The van der Waals surface area contributed by atoms with Crippen LogP contribution in [-0.4, -0.2) is 20.4 Å². The minimum absolute atomic E-state index is 0.160. The first kappa shape index (κ1) is 21.1. The van der Waals surface area contributed by atoms with Gasteiger partial charge in [0.15, 0.2) is 0 Å². The van der Waals surface area contributed by atoms with Crippen LogP contribution in [0, 0.1) is 19.8 Å². The van der Waals surface area contributed by atoms with Crippen molar-refractivity contribution in [3.63, 3.8) is 0 Å². The zero-order chi connectivity index (χ0) is 20.0. The van der Waals surface area contributed by atoms with Crippen molar-refractivity contribution in [2.75, 3.05) is 0 Å². The van der Waals surface area contributed by atoms with Crippen LogP contribution < -0.4 is 10.0 Å². The van der Waals surface area contributed by atoms with Crippen molar-refractivity contribution in [3.05, 3.63) is 65.2 Å². The monoisotopic (exact) mass is 388 g/mol. The molecule has 0 unspecified atom stereocenters. The van der Waals surface area contributed by atoms with E-state index in [9.17, 15) is 13.2 Å². The molecule has 0 aliphatic heterocycles. The molecule has 27 heavy (non-hydrogen) atoms. The summed E-state index contributed by atoms with van der Waals surface area (Å²) >= 11 is 0. The van der Waals surface area contributed by atoms with Gasteiger partial charge in [-0.3, -0.25) is 4.79 Å². The van der Waals surface area contributed by atoms with Crippen LogP contribution in [0.3, 0.4) is 0 Å². The Bertz CT molecular complexity index is 857. The number of carbonyl (C=O) groups excluding carboxylic acids is 1. The fraction of sp³-hybridized carbons (Fsp3) is 0.381. The van der Waals surface area contributed by atoms with E-state index in [4.69, 9.17) is 0 Å². The highest BCUT2D eigenvalue weighted by atomic mass is 32.2. The molecule has 0 bridgehead atoms. The number of hydrogen-bond acceptors (Lipinski definition) is 3. The zero-order valence-corrected chi connectivity index (χ0v) is 17.1. The number of nitrogens with one attached hydrogen (secondary N) is 2. The maximum absolute atomic E-state index is 12.7. The number of benzene rings is 2. The number of aryl methyl sites for hydroxylation is 2. The summed E-state index contributed by atoms with van der Waals surface area (Å²) in [6.45, 7) is 8.17. The molecule has 0 aliphatic carbocycles. The van der Waals surface area contributed by atoms with Crippen LogP contribution in [0.25, 0.3) is 0 Å². The van der Waals surface area contributed by atoms with Gasteiger partial charge in [0.1, 0.15) is 6.04 Å². The highest BCUT2D eigenvalue weighted by Crippen LogP contribution is 2.13. The van der Waals surface area contributed by atoms with Crippen molar-refractivity contribution in [3.8, 4) is 0 Å². The van der Waals surface area contributed by atoms with E-state index < -0.39 is 16.1 Å². The van der Waals surface area contributed by atoms with Gasteiger partial charge in [-0.05, 0) is 43.9 Å². The van der Waals surface area contributed by atoms with Crippen LogP contribution in [0.15, 0.2) is 53.4 Å². The molecule has 6 heteroatoms. The van der Waals surface area contributed by atoms with Gasteiger partial charge in [0.25, 0.3) is 0 Å². The normalized spacial score (nSPS) is 12.8. The molecule has 2 aromatic carbocycles. The molecule has 1 atom stereocenters. The number of sulfonamides is 1. The van der Waals surface area contributed by atoms with Gasteiger partial charge in [-0.1, -0.05) is 61.4 Å². The Labute approximate surface area is 162 Å². The lowest BCUT2D eigenvalue weighted by Gasteiger charge is -2.20. The number of rotatable bonds is 8. The minimum Gasteiger partial charge on any atom is -0.351 e. The molecular formula is C21H28N2O3S. The van der Waals surface area contributed by atoms with Gasteiger partial charge in [0, 0.05) is 6.54 Å². The van der Waals surface area contributed by atoms with Gasteiger partial charge < -0.3 is 5.32 Å². The summed E-state index contributed by atoms with van der Waals surface area (Å²) < 4.78 is 27.9. The molecule has 0 fully saturated rings.